The molecule has 1 amide bonds. The first-order valence-electron chi connectivity index (χ1n) is 7.05. The van der Waals surface area contributed by atoms with Crippen LogP contribution in [0.1, 0.15) is 29.6 Å². The van der Waals surface area contributed by atoms with Crippen LogP contribution in [0.4, 0.5) is 8.78 Å². The van der Waals surface area contributed by atoms with Gasteiger partial charge >= 0.3 is 0 Å². The number of likely N-dealkylation sites (tertiary alicyclic amines) is 1. The predicted molar refractivity (Wildman–Crippen MR) is 71.4 cm³/mol. The Hall–Kier alpha value is -1.49. The molecule has 2 heterocycles. The van der Waals surface area contributed by atoms with Gasteiger partial charge in [0.1, 0.15) is 11.6 Å². The number of carbonyl (C=O) groups is 1. The van der Waals surface area contributed by atoms with Gasteiger partial charge in [0.15, 0.2) is 0 Å². The molecule has 2 saturated heterocycles. The molecule has 0 saturated carbocycles. The van der Waals surface area contributed by atoms with E-state index in [1.54, 1.807) is 4.90 Å². The molecule has 0 unspecified atom stereocenters. The molecule has 108 valence electrons. The summed E-state index contributed by atoms with van der Waals surface area (Å²) in [4.78, 5) is 14.0. The van der Waals surface area contributed by atoms with Crippen molar-refractivity contribution in [2.75, 3.05) is 26.2 Å². The van der Waals surface area contributed by atoms with Gasteiger partial charge in [0.25, 0.3) is 5.91 Å². The van der Waals surface area contributed by atoms with Gasteiger partial charge in [-0.3, -0.25) is 4.79 Å². The van der Waals surface area contributed by atoms with E-state index in [2.05, 4.69) is 5.32 Å². The zero-order chi connectivity index (χ0) is 14.2. The molecule has 1 aromatic rings. The lowest BCUT2D eigenvalue weighted by molar-refractivity contribution is 0.0756. The van der Waals surface area contributed by atoms with Crippen molar-refractivity contribution in [1.29, 1.82) is 0 Å². The quantitative estimate of drug-likeness (QED) is 0.855. The van der Waals surface area contributed by atoms with Crippen LogP contribution < -0.4 is 5.32 Å². The van der Waals surface area contributed by atoms with Gasteiger partial charge in [0, 0.05) is 13.1 Å². The first-order chi connectivity index (χ1) is 9.60. The molecule has 1 spiro atoms. The maximum atomic E-state index is 13.7. The third kappa shape index (κ3) is 2.42. The molecule has 3 nitrogen and oxygen atoms in total. The Bertz CT molecular complexity index is 527. The fourth-order valence-corrected chi connectivity index (χ4v) is 3.31. The first kappa shape index (κ1) is 13.5. The van der Waals surface area contributed by atoms with Gasteiger partial charge in [-0.1, -0.05) is 0 Å². The van der Waals surface area contributed by atoms with Crippen molar-refractivity contribution < 1.29 is 13.6 Å². The van der Waals surface area contributed by atoms with Crippen molar-refractivity contribution in [1.82, 2.24) is 10.2 Å². The van der Waals surface area contributed by atoms with E-state index in [0.717, 1.165) is 50.6 Å². The number of hydrogen-bond donors (Lipinski definition) is 1. The number of piperidine rings is 1. The lowest BCUT2D eigenvalue weighted by Crippen LogP contribution is -2.39. The van der Waals surface area contributed by atoms with E-state index in [0.29, 0.717) is 13.1 Å². The number of nitrogens with one attached hydrogen (secondary N) is 1. The lowest BCUT2D eigenvalue weighted by atomic mass is 9.78. The van der Waals surface area contributed by atoms with Crippen molar-refractivity contribution in [2.45, 2.75) is 19.3 Å². The van der Waals surface area contributed by atoms with E-state index in [1.165, 1.54) is 0 Å². The Morgan fingerprint density at radius 3 is 2.70 bits per heavy atom. The summed E-state index contributed by atoms with van der Waals surface area (Å²) in [5.74, 6) is -1.62. The third-order valence-corrected chi connectivity index (χ3v) is 4.55. The minimum absolute atomic E-state index is 0.156. The smallest absolute Gasteiger partial charge is 0.256 e. The molecule has 1 aromatic carbocycles. The fourth-order valence-electron chi connectivity index (χ4n) is 3.31. The van der Waals surface area contributed by atoms with E-state index >= 15 is 0 Å². The average Bonchev–Trinajstić information content (AvgIpc) is 2.85. The summed E-state index contributed by atoms with van der Waals surface area (Å²) < 4.78 is 26.9. The highest BCUT2D eigenvalue weighted by Crippen LogP contribution is 2.39. The second kappa shape index (κ2) is 5.13. The molecule has 2 aliphatic heterocycles. The van der Waals surface area contributed by atoms with Gasteiger partial charge in [0.2, 0.25) is 0 Å². The molecule has 0 aliphatic carbocycles. The molecule has 0 radical (unpaired) electrons. The van der Waals surface area contributed by atoms with E-state index in [4.69, 9.17) is 0 Å². The predicted octanol–water partition coefficient (Wildman–Crippen LogP) is 2.18. The fraction of sp³-hybridized carbons (Fsp3) is 0.533. The molecule has 0 atom stereocenters. The number of nitrogens with zero attached hydrogens (tertiary/aromatic N) is 1. The van der Waals surface area contributed by atoms with Crippen LogP contribution in [0.3, 0.4) is 0 Å². The van der Waals surface area contributed by atoms with Gasteiger partial charge in [-0.25, -0.2) is 8.78 Å². The van der Waals surface area contributed by atoms with Crippen LogP contribution in [0.25, 0.3) is 0 Å². The maximum Gasteiger partial charge on any atom is 0.256 e. The summed E-state index contributed by atoms with van der Waals surface area (Å²) in [6, 6.07) is 3.04. The Kier molecular flexibility index (Phi) is 3.46. The van der Waals surface area contributed by atoms with E-state index in [9.17, 15) is 13.6 Å². The highest BCUT2D eigenvalue weighted by Gasteiger charge is 2.41. The number of halogens is 2. The highest BCUT2D eigenvalue weighted by atomic mass is 19.1. The number of carbonyl (C=O) groups excluding carboxylic acids is 1. The van der Waals surface area contributed by atoms with Gasteiger partial charge in [-0.15, -0.1) is 0 Å². The van der Waals surface area contributed by atoms with Crippen molar-refractivity contribution in [2.24, 2.45) is 5.41 Å². The van der Waals surface area contributed by atoms with Crippen molar-refractivity contribution in [3.63, 3.8) is 0 Å². The molecule has 0 aromatic heterocycles. The van der Waals surface area contributed by atoms with Crippen LogP contribution in [0, 0.1) is 17.0 Å². The third-order valence-electron chi connectivity index (χ3n) is 4.55. The van der Waals surface area contributed by atoms with Gasteiger partial charge in [-0.2, -0.15) is 0 Å². The SMILES string of the molecule is O=C(c1cc(F)ccc1F)N1CCC2(CCNCC2)C1. The first-order valence-corrected chi connectivity index (χ1v) is 7.05. The van der Waals surface area contributed by atoms with E-state index in [1.807, 2.05) is 0 Å². The van der Waals surface area contributed by atoms with Crippen LogP contribution in [0.15, 0.2) is 18.2 Å². The second-order valence-electron chi connectivity index (χ2n) is 5.85. The minimum atomic E-state index is -0.650. The summed E-state index contributed by atoms with van der Waals surface area (Å²) >= 11 is 0. The molecule has 3 rings (SSSR count). The van der Waals surface area contributed by atoms with Crippen LogP contribution in [-0.2, 0) is 0 Å². The summed E-state index contributed by atoms with van der Waals surface area (Å²) in [5.41, 5.74) is 0.0148. The van der Waals surface area contributed by atoms with Gasteiger partial charge in [0.05, 0.1) is 5.56 Å². The molecular weight excluding hydrogens is 262 g/mol. The van der Waals surface area contributed by atoms with Gasteiger partial charge in [-0.05, 0) is 56.0 Å². The Morgan fingerprint density at radius 2 is 1.95 bits per heavy atom. The van der Waals surface area contributed by atoms with E-state index < -0.39 is 17.5 Å². The number of amides is 1. The Labute approximate surface area is 117 Å². The number of benzene rings is 1. The maximum absolute atomic E-state index is 13.7. The Morgan fingerprint density at radius 1 is 1.20 bits per heavy atom. The van der Waals surface area contributed by atoms with Crippen LogP contribution in [-0.4, -0.2) is 37.0 Å². The number of hydrogen-bond acceptors (Lipinski definition) is 2. The summed E-state index contributed by atoms with van der Waals surface area (Å²) in [6.07, 6.45) is 3.04. The second-order valence-corrected chi connectivity index (χ2v) is 5.85. The largest absolute Gasteiger partial charge is 0.338 e. The van der Waals surface area contributed by atoms with Gasteiger partial charge < -0.3 is 10.2 Å². The van der Waals surface area contributed by atoms with Crippen LogP contribution >= 0.6 is 0 Å². The molecule has 2 aliphatic rings. The summed E-state index contributed by atoms with van der Waals surface area (Å²) in [6.45, 7) is 3.23. The van der Waals surface area contributed by atoms with Crippen molar-refractivity contribution >= 4 is 5.91 Å². The standard InChI is InChI=1S/C15H18F2N2O/c16-11-1-2-13(17)12(9-11)14(20)19-8-5-15(10-19)3-6-18-7-4-15/h1-2,9,18H,3-8,10H2. The van der Waals surface area contributed by atoms with Crippen LogP contribution in [0.5, 0.6) is 0 Å². The molecule has 2 fully saturated rings. The highest BCUT2D eigenvalue weighted by molar-refractivity contribution is 5.94. The molecule has 20 heavy (non-hydrogen) atoms. The zero-order valence-corrected chi connectivity index (χ0v) is 11.3. The topological polar surface area (TPSA) is 32.3 Å². The molecule has 0 bridgehead atoms. The molecule has 5 heteroatoms. The Balaban J connectivity index is 1.77. The zero-order valence-electron chi connectivity index (χ0n) is 11.3. The normalized spacial score (nSPS) is 21.4. The summed E-state index contributed by atoms with van der Waals surface area (Å²) in [7, 11) is 0. The monoisotopic (exact) mass is 280 g/mol. The van der Waals surface area contributed by atoms with Crippen molar-refractivity contribution in [3.8, 4) is 0 Å². The molecule has 1 N–H and O–H groups in total. The van der Waals surface area contributed by atoms with Crippen LogP contribution in [0.2, 0.25) is 0 Å². The van der Waals surface area contributed by atoms with E-state index in [-0.39, 0.29) is 11.0 Å². The lowest BCUT2D eigenvalue weighted by Gasteiger charge is -2.33. The molecular formula is C15H18F2N2O. The minimum Gasteiger partial charge on any atom is -0.338 e. The average molecular weight is 280 g/mol. The van der Waals surface area contributed by atoms with Crippen molar-refractivity contribution in [3.05, 3.63) is 35.4 Å². The summed E-state index contributed by atoms with van der Waals surface area (Å²) in [5, 5.41) is 3.32. The number of rotatable bonds is 1.